The Morgan fingerprint density at radius 1 is 0.903 bits per heavy atom. The molecule has 0 fully saturated rings. The Hall–Kier alpha value is -4.06. The largest absolute Gasteiger partial charge is 0.497 e. The van der Waals surface area contributed by atoms with Crippen molar-refractivity contribution in [1.29, 1.82) is 0 Å². The number of fused-ring (bicyclic) bond motifs is 1. The molecule has 4 rings (SSSR count). The van der Waals surface area contributed by atoms with Gasteiger partial charge in [-0.05, 0) is 60.7 Å². The first-order valence-electron chi connectivity index (χ1n) is 9.88. The molecule has 0 aliphatic rings. The van der Waals surface area contributed by atoms with Gasteiger partial charge in [0, 0.05) is 28.7 Å². The van der Waals surface area contributed by atoms with Crippen LogP contribution in [0.3, 0.4) is 0 Å². The quantitative estimate of drug-likeness (QED) is 0.440. The number of rotatable bonds is 7. The van der Waals surface area contributed by atoms with E-state index in [-0.39, 0.29) is 5.91 Å². The number of anilines is 2. The van der Waals surface area contributed by atoms with Crippen LogP contribution in [0.15, 0.2) is 78.9 Å². The van der Waals surface area contributed by atoms with E-state index in [2.05, 4.69) is 15.6 Å². The summed E-state index contributed by atoms with van der Waals surface area (Å²) in [6, 6.07) is 24.4. The molecule has 0 aliphatic heterocycles. The Morgan fingerprint density at radius 2 is 1.71 bits per heavy atom. The molecule has 1 heterocycles. The maximum Gasteiger partial charge on any atom is 0.255 e. The van der Waals surface area contributed by atoms with Crippen LogP contribution in [0.4, 0.5) is 11.5 Å². The van der Waals surface area contributed by atoms with Crippen LogP contribution in [-0.4, -0.2) is 25.1 Å². The van der Waals surface area contributed by atoms with Gasteiger partial charge in [-0.2, -0.15) is 0 Å². The molecule has 1 aromatic heterocycles. The van der Waals surface area contributed by atoms with Gasteiger partial charge in [-0.15, -0.1) is 0 Å². The summed E-state index contributed by atoms with van der Waals surface area (Å²) in [6.45, 7) is 0.610. The summed E-state index contributed by atoms with van der Waals surface area (Å²) in [4.78, 5) is 17.2. The molecule has 0 saturated carbocycles. The van der Waals surface area contributed by atoms with Crippen molar-refractivity contribution >= 4 is 28.3 Å². The van der Waals surface area contributed by atoms with E-state index < -0.39 is 0 Å². The lowest BCUT2D eigenvalue weighted by Gasteiger charge is -2.11. The smallest absolute Gasteiger partial charge is 0.255 e. The number of aromatic nitrogens is 1. The Morgan fingerprint density at radius 3 is 2.48 bits per heavy atom. The molecule has 0 radical (unpaired) electrons. The second-order valence-corrected chi connectivity index (χ2v) is 6.95. The molecule has 0 aliphatic carbocycles. The molecule has 0 atom stereocenters. The highest BCUT2D eigenvalue weighted by Crippen LogP contribution is 2.22. The van der Waals surface area contributed by atoms with E-state index in [4.69, 9.17) is 9.47 Å². The SMILES string of the molecule is COc1ccc(C(=O)Nc2ccc3nc(NCc4ccccc4OC)ccc3c2)cc1. The van der Waals surface area contributed by atoms with Crippen molar-refractivity contribution in [3.05, 3.63) is 90.0 Å². The van der Waals surface area contributed by atoms with Crippen molar-refractivity contribution in [2.75, 3.05) is 24.9 Å². The summed E-state index contributed by atoms with van der Waals surface area (Å²) in [5.74, 6) is 2.15. The Bertz CT molecular complexity index is 1210. The first kappa shape index (κ1) is 20.2. The summed E-state index contributed by atoms with van der Waals surface area (Å²) >= 11 is 0. The number of hydrogen-bond donors (Lipinski definition) is 2. The van der Waals surface area contributed by atoms with Crippen LogP contribution in [0.2, 0.25) is 0 Å². The Labute approximate surface area is 180 Å². The first-order chi connectivity index (χ1) is 15.2. The molecule has 0 saturated heterocycles. The zero-order valence-corrected chi connectivity index (χ0v) is 17.4. The zero-order chi connectivity index (χ0) is 21.6. The number of nitrogens with zero attached hydrogens (tertiary/aromatic N) is 1. The fourth-order valence-corrected chi connectivity index (χ4v) is 3.28. The number of para-hydroxylation sites is 1. The van der Waals surface area contributed by atoms with Gasteiger partial charge in [0.05, 0.1) is 19.7 Å². The van der Waals surface area contributed by atoms with Gasteiger partial charge in [0.2, 0.25) is 0 Å². The molecule has 6 nitrogen and oxygen atoms in total. The third-order valence-corrected chi connectivity index (χ3v) is 4.95. The summed E-state index contributed by atoms with van der Waals surface area (Å²) in [5.41, 5.74) is 3.18. The summed E-state index contributed by atoms with van der Waals surface area (Å²) in [7, 11) is 3.26. The van der Waals surface area contributed by atoms with Crippen molar-refractivity contribution in [2.45, 2.75) is 6.54 Å². The van der Waals surface area contributed by atoms with Gasteiger partial charge in [-0.1, -0.05) is 18.2 Å². The number of ether oxygens (including phenoxy) is 2. The number of amides is 1. The van der Waals surface area contributed by atoms with E-state index in [1.165, 1.54) is 0 Å². The van der Waals surface area contributed by atoms with Crippen LogP contribution in [0.25, 0.3) is 10.9 Å². The molecule has 6 heteroatoms. The number of carbonyl (C=O) groups excluding carboxylic acids is 1. The van der Waals surface area contributed by atoms with Gasteiger partial charge in [0.1, 0.15) is 17.3 Å². The number of benzene rings is 3. The minimum absolute atomic E-state index is 0.176. The zero-order valence-electron chi connectivity index (χ0n) is 17.4. The third kappa shape index (κ3) is 4.75. The summed E-state index contributed by atoms with van der Waals surface area (Å²) in [5, 5.41) is 7.20. The fraction of sp³-hybridized carbons (Fsp3) is 0.120. The number of nitrogens with one attached hydrogen (secondary N) is 2. The van der Waals surface area contributed by atoms with Crippen molar-refractivity contribution in [2.24, 2.45) is 0 Å². The van der Waals surface area contributed by atoms with E-state index in [0.717, 1.165) is 28.0 Å². The summed E-state index contributed by atoms with van der Waals surface area (Å²) in [6.07, 6.45) is 0. The minimum atomic E-state index is -0.176. The number of pyridine rings is 1. The van der Waals surface area contributed by atoms with E-state index in [1.54, 1.807) is 38.5 Å². The van der Waals surface area contributed by atoms with Gasteiger partial charge in [0.15, 0.2) is 0 Å². The van der Waals surface area contributed by atoms with Gasteiger partial charge in [-0.25, -0.2) is 4.98 Å². The van der Waals surface area contributed by atoms with Crippen LogP contribution in [-0.2, 0) is 6.54 Å². The monoisotopic (exact) mass is 413 g/mol. The molecule has 31 heavy (non-hydrogen) atoms. The maximum absolute atomic E-state index is 12.5. The van der Waals surface area contributed by atoms with Gasteiger partial charge >= 0.3 is 0 Å². The van der Waals surface area contributed by atoms with Gasteiger partial charge < -0.3 is 20.1 Å². The lowest BCUT2D eigenvalue weighted by atomic mass is 10.1. The molecule has 1 amide bonds. The Balaban J connectivity index is 1.45. The normalized spacial score (nSPS) is 10.5. The van der Waals surface area contributed by atoms with Gasteiger partial charge in [-0.3, -0.25) is 4.79 Å². The lowest BCUT2D eigenvalue weighted by molar-refractivity contribution is 0.102. The van der Waals surface area contributed by atoms with E-state index >= 15 is 0 Å². The number of hydrogen-bond acceptors (Lipinski definition) is 5. The standard InChI is InChI=1S/C25H23N3O3/c1-30-21-11-7-17(8-12-21)25(29)27-20-10-13-22-18(15-20)9-14-24(28-22)26-16-19-5-3-4-6-23(19)31-2/h3-15H,16H2,1-2H3,(H,26,28)(H,27,29). The maximum atomic E-state index is 12.5. The van der Waals surface area contributed by atoms with Crippen molar-refractivity contribution < 1.29 is 14.3 Å². The van der Waals surface area contributed by atoms with E-state index in [1.807, 2.05) is 54.6 Å². The van der Waals surface area contributed by atoms with Crippen molar-refractivity contribution in [3.63, 3.8) is 0 Å². The van der Waals surface area contributed by atoms with E-state index in [0.29, 0.717) is 23.5 Å². The average Bonchev–Trinajstić information content (AvgIpc) is 2.82. The van der Waals surface area contributed by atoms with Crippen LogP contribution in [0.1, 0.15) is 15.9 Å². The van der Waals surface area contributed by atoms with Crippen LogP contribution < -0.4 is 20.1 Å². The minimum Gasteiger partial charge on any atom is -0.497 e. The van der Waals surface area contributed by atoms with Crippen molar-refractivity contribution in [3.8, 4) is 11.5 Å². The van der Waals surface area contributed by atoms with Gasteiger partial charge in [0.25, 0.3) is 5.91 Å². The highest BCUT2D eigenvalue weighted by molar-refractivity contribution is 6.05. The molecular weight excluding hydrogens is 390 g/mol. The molecule has 0 bridgehead atoms. The predicted octanol–water partition coefficient (Wildman–Crippen LogP) is 5.12. The van der Waals surface area contributed by atoms with Crippen molar-refractivity contribution in [1.82, 2.24) is 4.98 Å². The van der Waals surface area contributed by atoms with E-state index in [9.17, 15) is 4.79 Å². The van der Waals surface area contributed by atoms with Crippen LogP contribution >= 0.6 is 0 Å². The lowest BCUT2D eigenvalue weighted by Crippen LogP contribution is -2.11. The topological polar surface area (TPSA) is 72.5 Å². The van der Waals surface area contributed by atoms with Crippen LogP contribution in [0, 0.1) is 0 Å². The number of methoxy groups -OCH3 is 2. The molecule has 156 valence electrons. The number of carbonyl (C=O) groups is 1. The highest BCUT2D eigenvalue weighted by atomic mass is 16.5. The fourth-order valence-electron chi connectivity index (χ4n) is 3.28. The third-order valence-electron chi connectivity index (χ3n) is 4.95. The predicted molar refractivity (Wildman–Crippen MR) is 123 cm³/mol. The molecule has 4 aromatic rings. The second kappa shape index (κ2) is 9.17. The highest BCUT2D eigenvalue weighted by Gasteiger charge is 2.08. The van der Waals surface area contributed by atoms with Crippen LogP contribution in [0.5, 0.6) is 11.5 Å². The average molecular weight is 413 g/mol. The summed E-state index contributed by atoms with van der Waals surface area (Å²) < 4.78 is 10.5. The molecule has 0 spiro atoms. The Kier molecular flexibility index (Phi) is 5.98. The molecule has 3 aromatic carbocycles. The molecular formula is C25H23N3O3. The first-order valence-corrected chi connectivity index (χ1v) is 9.88. The second-order valence-electron chi connectivity index (χ2n) is 6.95. The molecule has 2 N–H and O–H groups in total. The molecule has 0 unspecified atom stereocenters.